The Labute approximate surface area is 145 Å². The van der Waals surface area contributed by atoms with Gasteiger partial charge in [-0.2, -0.15) is 26.3 Å². The van der Waals surface area contributed by atoms with Crippen molar-refractivity contribution in [3.8, 4) is 0 Å². The van der Waals surface area contributed by atoms with Crippen LogP contribution in [0.25, 0.3) is 0 Å². The maximum absolute atomic E-state index is 12.5. The first kappa shape index (κ1) is 21.8. The molecule has 1 amide bonds. The second-order valence-corrected chi connectivity index (χ2v) is 5.72. The highest BCUT2D eigenvalue weighted by atomic mass is 19.4. The molecule has 146 valence electrons. The number of benzene rings is 1. The lowest BCUT2D eigenvalue weighted by Gasteiger charge is -2.20. The van der Waals surface area contributed by atoms with E-state index in [1.165, 1.54) is 12.1 Å². The minimum atomic E-state index is -4.77. The molecule has 0 aliphatic rings. The molecule has 0 bridgehead atoms. The molecule has 26 heavy (non-hydrogen) atoms. The first-order valence-corrected chi connectivity index (χ1v) is 7.59. The zero-order valence-electron chi connectivity index (χ0n) is 13.6. The van der Waals surface area contributed by atoms with Gasteiger partial charge < -0.3 is 10.4 Å². The number of hydrogen-bond donors (Lipinski definition) is 2. The van der Waals surface area contributed by atoms with Gasteiger partial charge in [0.05, 0.1) is 12.0 Å². The predicted octanol–water partition coefficient (Wildman–Crippen LogP) is 3.80. The molecule has 1 aromatic rings. The zero-order valence-corrected chi connectivity index (χ0v) is 13.6. The van der Waals surface area contributed by atoms with E-state index in [0.29, 0.717) is 5.56 Å². The summed E-state index contributed by atoms with van der Waals surface area (Å²) in [5, 5.41) is 10.7. The van der Waals surface area contributed by atoms with Crippen molar-refractivity contribution >= 4 is 11.9 Å². The minimum absolute atomic E-state index is 0.0289. The third-order valence-electron chi connectivity index (χ3n) is 3.68. The summed E-state index contributed by atoms with van der Waals surface area (Å²) >= 11 is 0. The van der Waals surface area contributed by atoms with Crippen molar-refractivity contribution in [3.05, 3.63) is 35.4 Å². The number of alkyl halides is 6. The van der Waals surface area contributed by atoms with E-state index in [0.717, 1.165) is 12.1 Å². The van der Waals surface area contributed by atoms with Gasteiger partial charge in [-0.15, -0.1) is 0 Å². The number of carboxylic acids is 1. The van der Waals surface area contributed by atoms with Crippen LogP contribution in [0, 0.1) is 5.92 Å². The van der Waals surface area contributed by atoms with Crippen LogP contribution in [-0.2, 0) is 22.2 Å². The van der Waals surface area contributed by atoms with E-state index in [1.807, 2.05) is 5.32 Å². The highest BCUT2D eigenvalue weighted by molar-refractivity contribution is 5.85. The number of nitrogens with one attached hydrogen (secondary N) is 1. The molecule has 10 heteroatoms. The topological polar surface area (TPSA) is 66.4 Å². The van der Waals surface area contributed by atoms with E-state index in [-0.39, 0.29) is 12.8 Å². The molecule has 0 fully saturated rings. The zero-order chi connectivity index (χ0) is 20.1. The molecule has 0 radical (unpaired) electrons. The lowest BCUT2D eigenvalue weighted by atomic mass is 9.95. The summed E-state index contributed by atoms with van der Waals surface area (Å²) < 4.78 is 74.7. The Kier molecular flexibility index (Phi) is 7.05. The summed E-state index contributed by atoms with van der Waals surface area (Å²) in [7, 11) is 0. The molecule has 0 aromatic heterocycles. The van der Waals surface area contributed by atoms with Gasteiger partial charge in [0, 0.05) is 5.92 Å². The van der Waals surface area contributed by atoms with E-state index >= 15 is 0 Å². The second-order valence-electron chi connectivity index (χ2n) is 5.72. The monoisotopic (exact) mass is 385 g/mol. The molecule has 2 atom stereocenters. The molecular weight excluding hydrogens is 368 g/mol. The summed E-state index contributed by atoms with van der Waals surface area (Å²) in [5.74, 6) is -3.59. The van der Waals surface area contributed by atoms with Gasteiger partial charge >= 0.3 is 18.3 Å². The van der Waals surface area contributed by atoms with Crippen LogP contribution in [-0.4, -0.2) is 29.2 Å². The fraction of sp³-hybridized carbons (Fsp3) is 0.500. The van der Waals surface area contributed by atoms with Gasteiger partial charge in [-0.1, -0.05) is 19.1 Å². The van der Waals surface area contributed by atoms with Crippen LogP contribution in [0.2, 0.25) is 0 Å². The second kappa shape index (κ2) is 8.41. The lowest BCUT2D eigenvalue weighted by molar-refractivity contribution is -0.160. The number of hydrogen-bond acceptors (Lipinski definition) is 2. The first-order valence-electron chi connectivity index (χ1n) is 7.59. The fourth-order valence-electron chi connectivity index (χ4n) is 2.26. The average Bonchev–Trinajstić information content (AvgIpc) is 2.50. The summed E-state index contributed by atoms with van der Waals surface area (Å²) in [4.78, 5) is 23.0. The van der Waals surface area contributed by atoms with Crippen molar-refractivity contribution in [2.24, 2.45) is 5.92 Å². The van der Waals surface area contributed by atoms with Crippen molar-refractivity contribution in [2.75, 3.05) is 0 Å². The van der Waals surface area contributed by atoms with Crippen molar-refractivity contribution in [2.45, 2.75) is 44.6 Å². The quantitative estimate of drug-likeness (QED) is 0.702. The van der Waals surface area contributed by atoms with Crippen LogP contribution in [0.4, 0.5) is 26.3 Å². The molecule has 0 aliphatic carbocycles. The highest BCUT2D eigenvalue weighted by Gasteiger charge is 2.37. The largest absolute Gasteiger partial charge is 0.480 e. The molecule has 0 saturated heterocycles. The Morgan fingerprint density at radius 3 is 2.00 bits per heavy atom. The standard InChI is InChI=1S/C16H17F6NO3/c1-2-10(7-9-3-5-11(6-4-9)16(20,21)22)13(24)23-12(14(25)26)8-15(17,18)19/h3-6,10,12H,2,7-8H2,1H3,(H,23,24)(H,25,26). The number of carbonyl (C=O) groups excluding carboxylic acids is 1. The minimum Gasteiger partial charge on any atom is -0.480 e. The maximum atomic E-state index is 12.5. The molecular formula is C16H17F6NO3. The van der Waals surface area contributed by atoms with E-state index in [4.69, 9.17) is 5.11 Å². The maximum Gasteiger partial charge on any atom is 0.416 e. The first-order chi connectivity index (χ1) is 11.8. The van der Waals surface area contributed by atoms with Gasteiger partial charge in [-0.25, -0.2) is 4.79 Å². The number of carbonyl (C=O) groups is 2. The highest BCUT2D eigenvalue weighted by Crippen LogP contribution is 2.29. The lowest BCUT2D eigenvalue weighted by Crippen LogP contribution is -2.46. The van der Waals surface area contributed by atoms with Crippen molar-refractivity contribution in [1.29, 1.82) is 0 Å². The van der Waals surface area contributed by atoms with Crippen LogP contribution >= 0.6 is 0 Å². The van der Waals surface area contributed by atoms with E-state index < -0.39 is 48.2 Å². The van der Waals surface area contributed by atoms with Crippen molar-refractivity contribution in [1.82, 2.24) is 5.32 Å². The third kappa shape index (κ3) is 6.93. The Morgan fingerprint density at radius 1 is 1.08 bits per heavy atom. The van der Waals surface area contributed by atoms with Crippen LogP contribution < -0.4 is 5.32 Å². The number of halogens is 6. The summed E-state index contributed by atoms with van der Waals surface area (Å²) in [5.41, 5.74) is -0.488. The van der Waals surface area contributed by atoms with Gasteiger partial charge in [-0.3, -0.25) is 4.79 Å². The smallest absolute Gasteiger partial charge is 0.416 e. The molecule has 4 nitrogen and oxygen atoms in total. The van der Waals surface area contributed by atoms with Crippen LogP contribution in [0.1, 0.15) is 30.9 Å². The summed E-state index contributed by atoms with van der Waals surface area (Å²) in [6.07, 6.45) is -10.9. The van der Waals surface area contributed by atoms with Gasteiger partial charge in [0.2, 0.25) is 5.91 Å². The molecule has 0 aliphatic heterocycles. The number of carboxylic acid groups (broad SMARTS) is 1. The van der Waals surface area contributed by atoms with Gasteiger partial charge in [-0.05, 0) is 30.5 Å². The molecule has 0 heterocycles. The van der Waals surface area contributed by atoms with E-state index in [2.05, 4.69) is 0 Å². The molecule has 1 aromatic carbocycles. The van der Waals surface area contributed by atoms with Gasteiger partial charge in [0.1, 0.15) is 6.04 Å². The fourth-order valence-corrected chi connectivity index (χ4v) is 2.26. The molecule has 0 spiro atoms. The SMILES string of the molecule is CCC(Cc1ccc(C(F)(F)F)cc1)C(=O)NC(CC(F)(F)F)C(=O)O. The van der Waals surface area contributed by atoms with Crippen molar-refractivity contribution in [3.63, 3.8) is 0 Å². The number of rotatable bonds is 7. The normalized spacial score (nSPS) is 14.6. The molecule has 2 unspecified atom stereocenters. The van der Waals surface area contributed by atoms with Crippen LogP contribution in [0.3, 0.4) is 0 Å². The number of amides is 1. The average molecular weight is 385 g/mol. The molecule has 1 rings (SSSR count). The predicted molar refractivity (Wildman–Crippen MR) is 79.2 cm³/mol. The van der Waals surface area contributed by atoms with Gasteiger partial charge in [0.15, 0.2) is 0 Å². The Morgan fingerprint density at radius 2 is 1.62 bits per heavy atom. The third-order valence-corrected chi connectivity index (χ3v) is 3.68. The van der Waals surface area contributed by atoms with Crippen LogP contribution in [0.5, 0.6) is 0 Å². The summed E-state index contributed by atoms with van der Waals surface area (Å²) in [6.45, 7) is 1.56. The molecule has 0 saturated carbocycles. The van der Waals surface area contributed by atoms with E-state index in [9.17, 15) is 35.9 Å². The molecule has 2 N–H and O–H groups in total. The number of aliphatic carboxylic acids is 1. The van der Waals surface area contributed by atoms with Gasteiger partial charge in [0.25, 0.3) is 0 Å². The Bertz CT molecular complexity index is 624. The van der Waals surface area contributed by atoms with Crippen LogP contribution in [0.15, 0.2) is 24.3 Å². The van der Waals surface area contributed by atoms with E-state index in [1.54, 1.807) is 6.92 Å². The Balaban J connectivity index is 2.80. The summed E-state index contributed by atoms with van der Waals surface area (Å²) in [6, 6.07) is 1.89. The Hall–Kier alpha value is -2.26. The van der Waals surface area contributed by atoms with Crippen molar-refractivity contribution < 1.29 is 41.0 Å².